The minimum absolute atomic E-state index is 0.0851. The number of carbonyl (C=O) groups excluding carboxylic acids is 2. The number of nitrogens with one attached hydrogen (secondary N) is 1. The van der Waals surface area contributed by atoms with Gasteiger partial charge in [-0.05, 0) is 48.9 Å². The van der Waals surface area contributed by atoms with E-state index in [1.807, 2.05) is 0 Å². The van der Waals surface area contributed by atoms with Crippen LogP contribution in [0.1, 0.15) is 23.0 Å². The molecule has 0 saturated heterocycles. The van der Waals surface area contributed by atoms with Crippen molar-refractivity contribution in [3.8, 4) is 17.2 Å². The third kappa shape index (κ3) is 3.95. The van der Waals surface area contributed by atoms with Crippen molar-refractivity contribution in [2.24, 2.45) is 0 Å². The number of hydrogen-bond acceptors (Lipinski definition) is 5. The van der Waals surface area contributed by atoms with Gasteiger partial charge in [-0.25, -0.2) is 4.39 Å². The van der Waals surface area contributed by atoms with Crippen LogP contribution < -0.4 is 15.0 Å². The van der Waals surface area contributed by atoms with E-state index in [2.05, 4.69) is 10.4 Å². The number of benzene rings is 2. The first-order chi connectivity index (χ1) is 16.9. The molecule has 35 heavy (non-hydrogen) atoms. The fraction of sp³-hybridized carbons (Fsp3) is 0.192. The minimum atomic E-state index is -1.36. The van der Waals surface area contributed by atoms with Gasteiger partial charge in [-0.2, -0.15) is 5.10 Å². The number of para-hydroxylation sites is 2. The standard InChI is InChI=1S/C26H23FN4O4/c1-26(25(33)28-15-17-7-5-8-18(27)13-17)16-30-21(14-19(29-30)22-11-6-12-35-22)24(32)31(26)20-9-3-4-10-23(20)34-2/h3-14H,15-16H2,1-2H3,(H,28,33). The summed E-state index contributed by atoms with van der Waals surface area (Å²) < 4.78 is 26.1. The molecule has 1 atom stereocenters. The highest BCUT2D eigenvalue weighted by Crippen LogP contribution is 2.38. The SMILES string of the molecule is COc1ccccc1N1C(=O)c2cc(-c3ccco3)nn2CC1(C)C(=O)NCc1cccc(F)c1. The monoisotopic (exact) mass is 474 g/mol. The molecular formula is C26H23FN4O4. The van der Waals surface area contributed by atoms with Gasteiger partial charge in [0.1, 0.15) is 28.5 Å². The van der Waals surface area contributed by atoms with Crippen LogP contribution in [0.15, 0.2) is 77.4 Å². The summed E-state index contributed by atoms with van der Waals surface area (Å²) in [5.41, 5.74) is 0.502. The Kier molecular flexibility index (Phi) is 5.60. The van der Waals surface area contributed by atoms with Crippen molar-refractivity contribution >= 4 is 17.5 Å². The Labute approximate surface area is 200 Å². The summed E-state index contributed by atoms with van der Waals surface area (Å²) in [4.78, 5) is 28.9. The van der Waals surface area contributed by atoms with Crippen molar-refractivity contribution in [2.75, 3.05) is 12.0 Å². The topological polar surface area (TPSA) is 89.6 Å². The first kappa shape index (κ1) is 22.4. The molecule has 1 unspecified atom stereocenters. The van der Waals surface area contributed by atoms with Crippen molar-refractivity contribution in [1.82, 2.24) is 15.1 Å². The van der Waals surface area contributed by atoms with Crippen LogP contribution in [0.2, 0.25) is 0 Å². The van der Waals surface area contributed by atoms with Crippen molar-refractivity contribution < 1.29 is 23.1 Å². The molecule has 1 N–H and O–H groups in total. The molecule has 1 aliphatic rings. The predicted molar refractivity (Wildman–Crippen MR) is 126 cm³/mol. The number of methoxy groups -OCH3 is 1. The maximum absolute atomic E-state index is 13.9. The molecule has 4 aromatic rings. The second kappa shape index (κ2) is 8.75. The molecule has 8 nitrogen and oxygen atoms in total. The quantitative estimate of drug-likeness (QED) is 0.456. The van der Waals surface area contributed by atoms with Gasteiger partial charge in [-0.1, -0.05) is 24.3 Å². The third-order valence-corrected chi connectivity index (χ3v) is 6.08. The average Bonchev–Trinajstić information content (AvgIpc) is 3.53. The first-order valence-corrected chi connectivity index (χ1v) is 11.0. The van der Waals surface area contributed by atoms with E-state index in [9.17, 15) is 14.0 Å². The molecule has 0 aliphatic carbocycles. The largest absolute Gasteiger partial charge is 0.495 e. The second-order valence-electron chi connectivity index (χ2n) is 8.45. The van der Waals surface area contributed by atoms with Gasteiger partial charge in [-0.15, -0.1) is 0 Å². The van der Waals surface area contributed by atoms with Gasteiger partial charge in [0.05, 0.1) is 25.6 Å². The van der Waals surface area contributed by atoms with E-state index in [0.717, 1.165) is 0 Å². The zero-order valence-electron chi connectivity index (χ0n) is 19.2. The summed E-state index contributed by atoms with van der Waals surface area (Å²) in [6.07, 6.45) is 1.53. The zero-order valence-corrected chi connectivity index (χ0v) is 19.2. The van der Waals surface area contributed by atoms with Gasteiger partial charge in [0.15, 0.2) is 5.76 Å². The average molecular weight is 474 g/mol. The van der Waals surface area contributed by atoms with Crippen LogP contribution in [0.4, 0.5) is 10.1 Å². The molecule has 0 radical (unpaired) electrons. The lowest BCUT2D eigenvalue weighted by Crippen LogP contribution is -2.64. The number of hydrogen-bond donors (Lipinski definition) is 1. The van der Waals surface area contributed by atoms with Crippen LogP contribution in [0.5, 0.6) is 5.75 Å². The van der Waals surface area contributed by atoms with Gasteiger partial charge >= 0.3 is 0 Å². The Morgan fingerprint density at radius 2 is 2.00 bits per heavy atom. The highest BCUT2D eigenvalue weighted by atomic mass is 19.1. The molecule has 2 amide bonds. The van der Waals surface area contributed by atoms with Crippen LogP contribution in [0, 0.1) is 5.82 Å². The smallest absolute Gasteiger partial charge is 0.277 e. The number of amides is 2. The summed E-state index contributed by atoms with van der Waals surface area (Å²) in [7, 11) is 1.51. The fourth-order valence-corrected chi connectivity index (χ4v) is 4.34. The van der Waals surface area contributed by atoms with Crippen LogP contribution >= 0.6 is 0 Å². The van der Waals surface area contributed by atoms with E-state index in [1.165, 1.54) is 35.1 Å². The van der Waals surface area contributed by atoms with Crippen LogP contribution in [-0.4, -0.2) is 34.2 Å². The normalized spacial score (nSPS) is 17.2. The van der Waals surface area contributed by atoms with Crippen molar-refractivity contribution in [2.45, 2.75) is 25.6 Å². The van der Waals surface area contributed by atoms with Crippen molar-refractivity contribution in [3.05, 3.63) is 90.1 Å². The van der Waals surface area contributed by atoms with Gasteiger partial charge in [0.25, 0.3) is 5.91 Å². The highest BCUT2D eigenvalue weighted by molar-refractivity contribution is 6.12. The van der Waals surface area contributed by atoms with Crippen molar-refractivity contribution in [3.63, 3.8) is 0 Å². The number of halogens is 1. The molecule has 9 heteroatoms. The van der Waals surface area contributed by atoms with E-state index in [4.69, 9.17) is 9.15 Å². The maximum atomic E-state index is 13.9. The van der Waals surface area contributed by atoms with Crippen LogP contribution in [0.3, 0.4) is 0 Å². The molecule has 1 aliphatic heterocycles. The van der Waals surface area contributed by atoms with E-state index in [0.29, 0.717) is 34.1 Å². The Hall–Kier alpha value is -4.40. The number of anilines is 1. The van der Waals surface area contributed by atoms with Gasteiger partial charge in [0.2, 0.25) is 5.91 Å². The lowest BCUT2D eigenvalue weighted by atomic mass is 9.93. The molecule has 0 bridgehead atoms. The van der Waals surface area contributed by atoms with E-state index in [1.54, 1.807) is 61.5 Å². The molecule has 0 saturated carbocycles. The lowest BCUT2D eigenvalue weighted by molar-refractivity contribution is -0.126. The molecule has 3 heterocycles. The number of rotatable bonds is 6. The van der Waals surface area contributed by atoms with Gasteiger partial charge in [-0.3, -0.25) is 19.2 Å². The Morgan fingerprint density at radius 1 is 1.17 bits per heavy atom. The van der Waals surface area contributed by atoms with E-state index >= 15 is 0 Å². The highest BCUT2D eigenvalue weighted by Gasteiger charge is 2.49. The molecule has 2 aromatic carbocycles. The van der Waals surface area contributed by atoms with Crippen molar-refractivity contribution in [1.29, 1.82) is 0 Å². The fourth-order valence-electron chi connectivity index (χ4n) is 4.34. The Bertz CT molecular complexity index is 1400. The van der Waals surface area contributed by atoms with E-state index in [-0.39, 0.29) is 13.1 Å². The molecule has 0 fully saturated rings. The summed E-state index contributed by atoms with van der Waals surface area (Å²) in [6.45, 7) is 1.86. The number of ether oxygens (including phenoxy) is 1. The van der Waals surface area contributed by atoms with E-state index < -0.39 is 23.2 Å². The number of fused-ring (bicyclic) bond motifs is 1. The number of carbonyl (C=O) groups is 2. The lowest BCUT2D eigenvalue weighted by Gasteiger charge is -2.43. The number of aromatic nitrogens is 2. The minimum Gasteiger partial charge on any atom is -0.495 e. The van der Waals surface area contributed by atoms with Gasteiger partial charge in [0, 0.05) is 12.6 Å². The Morgan fingerprint density at radius 3 is 2.74 bits per heavy atom. The molecule has 0 spiro atoms. The molecular weight excluding hydrogens is 451 g/mol. The summed E-state index contributed by atoms with van der Waals surface area (Å²) in [5, 5.41) is 7.40. The third-order valence-electron chi connectivity index (χ3n) is 6.08. The van der Waals surface area contributed by atoms with Crippen LogP contribution in [-0.2, 0) is 17.9 Å². The molecule has 5 rings (SSSR count). The number of nitrogens with zero attached hydrogens (tertiary/aromatic N) is 3. The summed E-state index contributed by atoms with van der Waals surface area (Å²) in [5.74, 6) is -0.251. The summed E-state index contributed by atoms with van der Waals surface area (Å²) in [6, 6.07) is 18.2. The molecule has 2 aromatic heterocycles. The second-order valence-corrected chi connectivity index (χ2v) is 8.45. The van der Waals surface area contributed by atoms with Crippen LogP contribution in [0.25, 0.3) is 11.5 Å². The first-order valence-electron chi connectivity index (χ1n) is 11.0. The predicted octanol–water partition coefficient (Wildman–Crippen LogP) is 4.03. The van der Waals surface area contributed by atoms with Gasteiger partial charge < -0.3 is 14.5 Å². The Balaban J connectivity index is 1.56. The zero-order chi connectivity index (χ0) is 24.6. The maximum Gasteiger partial charge on any atom is 0.277 e. The molecule has 178 valence electrons. The summed E-state index contributed by atoms with van der Waals surface area (Å²) >= 11 is 0. The number of furan rings is 1.